The summed E-state index contributed by atoms with van der Waals surface area (Å²) in [7, 11) is 0. The van der Waals surface area contributed by atoms with E-state index in [1.807, 2.05) is 0 Å². The summed E-state index contributed by atoms with van der Waals surface area (Å²) in [4.78, 5) is 39.1. The molecule has 0 saturated carbocycles. The van der Waals surface area contributed by atoms with Gasteiger partial charge in [0.2, 0.25) is 0 Å². The Kier molecular flexibility index (Phi) is 4.32. The number of ether oxygens (including phenoxy) is 2. The number of ketones is 1. The normalized spacial score (nSPS) is 21.3. The van der Waals surface area contributed by atoms with Gasteiger partial charge in [0, 0.05) is 0 Å². The van der Waals surface area contributed by atoms with Gasteiger partial charge in [0.25, 0.3) is 5.91 Å². The molecule has 1 fully saturated rings. The number of amides is 3. The van der Waals surface area contributed by atoms with E-state index in [-0.39, 0.29) is 12.3 Å². The van der Waals surface area contributed by atoms with Crippen molar-refractivity contribution in [1.82, 2.24) is 10.2 Å². The van der Waals surface area contributed by atoms with Crippen LogP contribution in [-0.2, 0) is 10.3 Å². The van der Waals surface area contributed by atoms with Gasteiger partial charge in [-0.15, -0.1) is 11.3 Å². The second kappa shape index (κ2) is 6.54. The minimum absolute atomic E-state index is 0.346. The van der Waals surface area contributed by atoms with Crippen molar-refractivity contribution in [3.8, 4) is 11.5 Å². The Morgan fingerprint density at radius 1 is 1.22 bits per heavy atom. The van der Waals surface area contributed by atoms with E-state index in [1.54, 1.807) is 37.3 Å². The lowest BCUT2D eigenvalue weighted by Crippen LogP contribution is -2.41. The molecule has 4 rings (SSSR count). The molecule has 1 N–H and O–H groups in total. The number of nitrogens with one attached hydrogen (secondary N) is 1. The van der Waals surface area contributed by atoms with E-state index in [2.05, 4.69) is 5.32 Å². The number of Topliss-reactive ketones (excluding diaryl/α,β-unsaturated/α-hetero) is 1. The van der Waals surface area contributed by atoms with Gasteiger partial charge in [-0.1, -0.05) is 17.7 Å². The van der Waals surface area contributed by atoms with Gasteiger partial charge in [0.05, 0.1) is 15.8 Å². The predicted octanol–water partition coefficient (Wildman–Crippen LogP) is 2.82. The van der Waals surface area contributed by atoms with Crippen LogP contribution in [0.2, 0.25) is 4.34 Å². The quantitative estimate of drug-likeness (QED) is 0.623. The minimum Gasteiger partial charge on any atom is -0.486 e. The molecule has 27 heavy (non-hydrogen) atoms. The first kappa shape index (κ1) is 17.8. The van der Waals surface area contributed by atoms with Gasteiger partial charge >= 0.3 is 6.03 Å². The second-order valence-electron chi connectivity index (χ2n) is 6.33. The van der Waals surface area contributed by atoms with Crippen LogP contribution in [0.15, 0.2) is 30.3 Å². The zero-order chi connectivity index (χ0) is 19.2. The Labute approximate surface area is 163 Å². The Bertz CT molecular complexity index is 959. The molecule has 1 saturated heterocycles. The first-order valence-corrected chi connectivity index (χ1v) is 9.41. The highest BCUT2D eigenvalue weighted by Crippen LogP contribution is 2.37. The molecular formula is C18H15ClN2O5S. The maximum Gasteiger partial charge on any atom is 0.325 e. The Morgan fingerprint density at radius 3 is 2.67 bits per heavy atom. The molecule has 140 valence electrons. The Hall–Kier alpha value is -2.58. The summed E-state index contributed by atoms with van der Waals surface area (Å²) in [5.74, 6) is 0.263. The number of urea groups is 1. The van der Waals surface area contributed by atoms with Crippen molar-refractivity contribution in [3.05, 3.63) is 45.1 Å². The highest BCUT2D eigenvalue weighted by molar-refractivity contribution is 7.18. The summed E-state index contributed by atoms with van der Waals surface area (Å²) in [6, 6.07) is 7.65. The molecule has 0 spiro atoms. The number of hydrogen-bond donors (Lipinski definition) is 1. The third-order valence-electron chi connectivity index (χ3n) is 4.54. The van der Waals surface area contributed by atoms with E-state index in [0.29, 0.717) is 39.5 Å². The number of benzene rings is 1. The molecule has 3 heterocycles. The molecule has 0 unspecified atom stereocenters. The van der Waals surface area contributed by atoms with Crippen LogP contribution in [0.25, 0.3) is 0 Å². The topological polar surface area (TPSA) is 84.9 Å². The number of hydrogen-bond acceptors (Lipinski definition) is 6. The minimum atomic E-state index is -1.29. The lowest BCUT2D eigenvalue weighted by Gasteiger charge is -2.25. The van der Waals surface area contributed by atoms with Gasteiger partial charge in [-0.3, -0.25) is 14.5 Å². The highest BCUT2D eigenvalue weighted by atomic mass is 35.5. The molecule has 1 atom stereocenters. The second-order valence-corrected chi connectivity index (χ2v) is 8.05. The highest BCUT2D eigenvalue weighted by Gasteiger charge is 2.49. The molecule has 1 aromatic heterocycles. The summed E-state index contributed by atoms with van der Waals surface area (Å²) in [5.41, 5.74) is -0.737. The maximum absolute atomic E-state index is 13.0. The van der Waals surface area contributed by atoms with Gasteiger partial charge < -0.3 is 14.8 Å². The summed E-state index contributed by atoms with van der Waals surface area (Å²) in [6.45, 7) is 2.13. The van der Waals surface area contributed by atoms with Gasteiger partial charge in [-0.05, 0) is 36.8 Å². The molecule has 2 aromatic rings. The molecule has 3 amide bonds. The largest absolute Gasteiger partial charge is 0.486 e. The molecule has 2 aliphatic heterocycles. The monoisotopic (exact) mass is 406 g/mol. The van der Waals surface area contributed by atoms with E-state index in [4.69, 9.17) is 21.1 Å². The fraction of sp³-hybridized carbons (Fsp3) is 0.278. The standard InChI is InChI=1S/C18H15ClN2O5S/c1-18(10-2-3-12-13(8-10)26-7-6-25-12)16(23)21(17(24)20-18)9-11(22)14-4-5-15(19)27-14/h2-5,8H,6-7,9H2,1H3,(H,20,24)/t18-/m0/s1. The number of rotatable bonds is 4. The number of carbonyl (C=O) groups is 3. The van der Waals surface area contributed by atoms with E-state index < -0.39 is 17.5 Å². The van der Waals surface area contributed by atoms with Gasteiger partial charge in [0.1, 0.15) is 18.8 Å². The summed E-state index contributed by atoms with van der Waals surface area (Å²) < 4.78 is 11.5. The lowest BCUT2D eigenvalue weighted by atomic mass is 9.91. The average Bonchev–Trinajstić information content (AvgIpc) is 3.19. The Balaban J connectivity index is 1.59. The van der Waals surface area contributed by atoms with Crippen LogP contribution in [0.4, 0.5) is 4.79 Å². The fourth-order valence-electron chi connectivity index (χ4n) is 3.08. The average molecular weight is 407 g/mol. The van der Waals surface area contributed by atoms with Crippen molar-refractivity contribution in [1.29, 1.82) is 0 Å². The first-order chi connectivity index (χ1) is 12.9. The zero-order valence-corrected chi connectivity index (χ0v) is 15.9. The van der Waals surface area contributed by atoms with Crippen LogP contribution in [0.5, 0.6) is 11.5 Å². The van der Waals surface area contributed by atoms with Crippen molar-refractivity contribution in [2.75, 3.05) is 19.8 Å². The van der Waals surface area contributed by atoms with Gasteiger partial charge in [-0.2, -0.15) is 0 Å². The number of fused-ring (bicyclic) bond motifs is 1. The molecular weight excluding hydrogens is 392 g/mol. The molecule has 0 radical (unpaired) electrons. The van der Waals surface area contributed by atoms with Crippen molar-refractivity contribution in [2.24, 2.45) is 0 Å². The van der Waals surface area contributed by atoms with Crippen LogP contribution in [-0.4, -0.2) is 42.4 Å². The van der Waals surface area contributed by atoms with Crippen molar-refractivity contribution < 1.29 is 23.9 Å². The van der Waals surface area contributed by atoms with Crippen LogP contribution in [0, 0.1) is 0 Å². The van der Waals surface area contributed by atoms with Crippen LogP contribution in [0.1, 0.15) is 22.2 Å². The number of thiophene rings is 1. The van der Waals surface area contributed by atoms with Crippen molar-refractivity contribution >= 4 is 40.7 Å². The van der Waals surface area contributed by atoms with Crippen molar-refractivity contribution in [3.63, 3.8) is 0 Å². The van der Waals surface area contributed by atoms with Crippen LogP contribution in [0.3, 0.4) is 0 Å². The van der Waals surface area contributed by atoms with E-state index in [1.165, 1.54) is 0 Å². The first-order valence-electron chi connectivity index (χ1n) is 8.21. The fourth-order valence-corrected chi connectivity index (χ4v) is 4.05. The molecule has 0 bridgehead atoms. The number of imide groups is 1. The lowest BCUT2D eigenvalue weighted by molar-refractivity contribution is -0.130. The Morgan fingerprint density at radius 2 is 1.96 bits per heavy atom. The number of nitrogens with zero attached hydrogens (tertiary/aromatic N) is 1. The predicted molar refractivity (Wildman–Crippen MR) is 98.7 cm³/mol. The molecule has 7 nitrogen and oxygen atoms in total. The van der Waals surface area contributed by atoms with E-state index in [9.17, 15) is 14.4 Å². The molecule has 0 aliphatic carbocycles. The SMILES string of the molecule is C[C@@]1(c2ccc3c(c2)OCCO3)NC(=O)N(CC(=O)c2ccc(Cl)s2)C1=O. The van der Waals surface area contributed by atoms with E-state index >= 15 is 0 Å². The number of halogens is 1. The smallest absolute Gasteiger partial charge is 0.325 e. The zero-order valence-electron chi connectivity index (χ0n) is 14.3. The third kappa shape index (κ3) is 3.04. The maximum atomic E-state index is 13.0. The third-order valence-corrected chi connectivity index (χ3v) is 5.82. The molecule has 9 heteroatoms. The van der Waals surface area contributed by atoms with Crippen LogP contribution < -0.4 is 14.8 Å². The molecule has 2 aliphatic rings. The summed E-state index contributed by atoms with van der Waals surface area (Å²) >= 11 is 6.96. The summed E-state index contributed by atoms with van der Waals surface area (Å²) in [6.07, 6.45) is 0. The van der Waals surface area contributed by atoms with Gasteiger partial charge in [-0.25, -0.2) is 4.79 Å². The number of carbonyl (C=O) groups excluding carboxylic acids is 3. The van der Waals surface area contributed by atoms with Gasteiger partial charge in [0.15, 0.2) is 17.3 Å². The van der Waals surface area contributed by atoms with Crippen molar-refractivity contribution in [2.45, 2.75) is 12.5 Å². The van der Waals surface area contributed by atoms with Crippen LogP contribution >= 0.6 is 22.9 Å². The molecule has 1 aromatic carbocycles. The summed E-state index contributed by atoms with van der Waals surface area (Å²) in [5, 5.41) is 2.68. The van der Waals surface area contributed by atoms with E-state index in [0.717, 1.165) is 16.2 Å².